The summed E-state index contributed by atoms with van der Waals surface area (Å²) in [5, 5.41) is 13.7. The Morgan fingerprint density at radius 1 is 0.939 bits per heavy atom. The zero-order valence-corrected chi connectivity index (χ0v) is 18.6. The molecule has 2 aromatic carbocycles. The Kier molecular flexibility index (Phi) is 6.88. The molecule has 0 unspecified atom stereocenters. The summed E-state index contributed by atoms with van der Waals surface area (Å²) in [6, 6.07) is 9.89. The maximum Gasteiger partial charge on any atom is 0.269 e. The van der Waals surface area contributed by atoms with E-state index >= 15 is 0 Å². The number of carbonyl (C=O) groups is 1. The van der Waals surface area contributed by atoms with Gasteiger partial charge in [-0.25, -0.2) is 8.42 Å². The highest BCUT2D eigenvalue weighted by molar-refractivity contribution is 7.89. The van der Waals surface area contributed by atoms with Gasteiger partial charge in [0.25, 0.3) is 11.6 Å². The molecule has 2 aliphatic heterocycles. The van der Waals surface area contributed by atoms with Gasteiger partial charge in [0.15, 0.2) is 0 Å². The Bertz CT molecular complexity index is 1130. The van der Waals surface area contributed by atoms with Gasteiger partial charge >= 0.3 is 0 Å². The molecular formula is C21H24N4O7S. The van der Waals surface area contributed by atoms with E-state index in [-0.39, 0.29) is 29.2 Å². The van der Waals surface area contributed by atoms with Crippen LogP contribution in [-0.4, -0.2) is 76.2 Å². The van der Waals surface area contributed by atoms with Crippen molar-refractivity contribution in [2.75, 3.05) is 62.8 Å². The number of hydrogen-bond acceptors (Lipinski definition) is 8. The molecule has 0 bridgehead atoms. The molecule has 33 heavy (non-hydrogen) atoms. The van der Waals surface area contributed by atoms with Crippen LogP contribution in [-0.2, 0) is 19.5 Å². The lowest BCUT2D eigenvalue weighted by Crippen LogP contribution is -2.40. The first kappa shape index (κ1) is 23.1. The molecule has 0 aliphatic carbocycles. The van der Waals surface area contributed by atoms with Crippen molar-refractivity contribution >= 4 is 33.0 Å². The Labute approximate surface area is 191 Å². The van der Waals surface area contributed by atoms with Crippen LogP contribution in [0.3, 0.4) is 0 Å². The molecule has 11 nitrogen and oxygen atoms in total. The van der Waals surface area contributed by atoms with E-state index in [1.165, 1.54) is 40.7 Å². The lowest BCUT2D eigenvalue weighted by molar-refractivity contribution is -0.384. The van der Waals surface area contributed by atoms with Crippen LogP contribution in [0.5, 0.6) is 0 Å². The molecule has 0 aromatic heterocycles. The first-order chi connectivity index (χ1) is 15.9. The molecule has 0 radical (unpaired) electrons. The molecule has 2 saturated heterocycles. The van der Waals surface area contributed by atoms with Crippen molar-refractivity contribution in [3.8, 4) is 0 Å². The van der Waals surface area contributed by atoms with Gasteiger partial charge in [0.05, 0.1) is 47.6 Å². The Hall–Kier alpha value is -3.06. The molecule has 0 spiro atoms. The third kappa shape index (κ3) is 5.14. The summed E-state index contributed by atoms with van der Waals surface area (Å²) < 4.78 is 38.3. The maximum atomic E-state index is 13.1. The molecule has 0 atom stereocenters. The largest absolute Gasteiger partial charge is 0.379 e. The van der Waals surface area contributed by atoms with Crippen LogP contribution < -0.4 is 10.2 Å². The van der Waals surface area contributed by atoms with Crippen molar-refractivity contribution < 1.29 is 27.6 Å². The molecular weight excluding hydrogens is 452 g/mol. The monoisotopic (exact) mass is 476 g/mol. The maximum absolute atomic E-state index is 13.1. The van der Waals surface area contributed by atoms with E-state index < -0.39 is 20.9 Å². The van der Waals surface area contributed by atoms with Gasteiger partial charge in [0.2, 0.25) is 10.0 Å². The highest BCUT2D eigenvalue weighted by Crippen LogP contribution is 2.31. The fraction of sp³-hybridized carbons (Fsp3) is 0.381. The van der Waals surface area contributed by atoms with Gasteiger partial charge in [-0.1, -0.05) is 0 Å². The summed E-state index contributed by atoms with van der Waals surface area (Å²) in [7, 11) is -3.76. The number of nitro groups is 1. The van der Waals surface area contributed by atoms with E-state index in [1.54, 1.807) is 6.07 Å². The quantitative estimate of drug-likeness (QED) is 0.492. The molecule has 2 aliphatic rings. The number of rotatable bonds is 6. The van der Waals surface area contributed by atoms with Gasteiger partial charge in [-0.05, 0) is 30.3 Å². The number of nitrogens with one attached hydrogen (secondary N) is 1. The minimum absolute atomic E-state index is 0.0698. The van der Waals surface area contributed by atoms with Gasteiger partial charge in [0, 0.05) is 43.9 Å². The van der Waals surface area contributed by atoms with Crippen molar-refractivity contribution in [3.05, 3.63) is 58.1 Å². The number of carbonyl (C=O) groups excluding carboxylic acids is 1. The van der Waals surface area contributed by atoms with Gasteiger partial charge in [-0.2, -0.15) is 4.31 Å². The van der Waals surface area contributed by atoms with Crippen molar-refractivity contribution in [2.45, 2.75) is 4.90 Å². The normalized spacial score (nSPS) is 17.5. The summed E-state index contributed by atoms with van der Waals surface area (Å²) in [5.74, 6) is -0.500. The lowest BCUT2D eigenvalue weighted by Gasteiger charge is -2.31. The van der Waals surface area contributed by atoms with Crippen LogP contribution >= 0.6 is 0 Å². The van der Waals surface area contributed by atoms with E-state index in [1.807, 2.05) is 4.90 Å². The number of ether oxygens (including phenoxy) is 2. The number of hydrogen-bond donors (Lipinski definition) is 1. The van der Waals surface area contributed by atoms with Gasteiger partial charge in [-0.3, -0.25) is 14.9 Å². The number of non-ortho nitro benzene ring substituents is 1. The number of sulfonamides is 1. The Morgan fingerprint density at radius 3 is 2.15 bits per heavy atom. The average molecular weight is 477 g/mol. The first-order valence-electron chi connectivity index (χ1n) is 10.5. The van der Waals surface area contributed by atoms with Crippen LogP contribution in [0.15, 0.2) is 47.4 Å². The van der Waals surface area contributed by atoms with Crippen LogP contribution in [0.2, 0.25) is 0 Å². The molecule has 4 rings (SSSR count). The first-order valence-corrected chi connectivity index (χ1v) is 11.9. The summed E-state index contributed by atoms with van der Waals surface area (Å²) in [4.78, 5) is 25.3. The van der Waals surface area contributed by atoms with Crippen molar-refractivity contribution in [3.63, 3.8) is 0 Å². The van der Waals surface area contributed by atoms with Crippen molar-refractivity contribution in [1.82, 2.24) is 4.31 Å². The molecule has 2 aromatic rings. The highest BCUT2D eigenvalue weighted by atomic mass is 32.2. The van der Waals surface area contributed by atoms with Gasteiger partial charge < -0.3 is 19.7 Å². The molecule has 176 valence electrons. The average Bonchev–Trinajstić information content (AvgIpc) is 2.85. The molecule has 2 fully saturated rings. The highest BCUT2D eigenvalue weighted by Gasteiger charge is 2.28. The van der Waals surface area contributed by atoms with Crippen molar-refractivity contribution in [2.24, 2.45) is 0 Å². The molecule has 1 amide bonds. The van der Waals surface area contributed by atoms with Gasteiger partial charge in [-0.15, -0.1) is 0 Å². The summed E-state index contributed by atoms with van der Waals surface area (Å²) in [6.07, 6.45) is 0. The zero-order valence-electron chi connectivity index (χ0n) is 17.8. The van der Waals surface area contributed by atoms with E-state index in [0.29, 0.717) is 50.9 Å². The number of amides is 1. The summed E-state index contributed by atoms with van der Waals surface area (Å²) in [5.41, 5.74) is 1.11. The number of nitro benzene ring substituents is 1. The van der Waals surface area contributed by atoms with E-state index in [0.717, 1.165) is 0 Å². The molecule has 0 saturated carbocycles. The van der Waals surface area contributed by atoms with Crippen LogP contribution in [0.25, 0.3) is 0 Å². The topological polar surface area (TPSA) is 131 Å². The van der Waals surface area contributed by atoms with Crippen molar-refractivity contribution in [1.29, 1.82) is 0 Å². The predicted molar refractivity (Wildman–Crippen MR) is 120 cm³/mol. The fourth-order valence-corrected chi connectivity index (χ4v) is 5.16. The lowest BCUT2D eigenvalue weighted by atomic mass is 10.1. The zero-order chi connectivity index (χ0) is 23.4. The van der Waals surface area contributed by atoms with Gasteiger partial charge in [0.1, 0.15) is 0 Å². The molecule has 12 heteroatoms. The van der Waals surface area contributed by atoms with Crippen LogP contribution in [0.1, 0.15) is 10.4 Å². The third-order valence-electron chi connectivity index (χ3n) is 5.52. The van der Waals surface area contributed by atoms with E-state index in [4.69, 9.17) is 9.47 Å². The van der Waals surface area contributed by atoms with Crippen LogP contribution in [0.4, 0.5) is 17.1 Å². The predicted octanol–water partition coefficient (Wildman–Crippen LogP) is 1.70. The Balaban J connectivity index is 1.66. The second kappa shape index (κ2) is 9.83. The second-order valence-electron chi connectivity index (χ2n) is 7.55. The summed E-state index contributed by atoms with van der Waals surface area (Å²) >= 11 is 0. The minimum atomic E-state index is -3.76. The molecule has 2 heterocycles. The van der Waals surface area contributed by atoms with E-state index in [2.05, 4.69) is 5.32 Å². The standard InChI is InChI=1S/C21H24N4O7S/c26-21(16-1-3-17(4-2-16)25(27)28)22-19-15-18(33(29,30)24-9-13-32-14-10-24)5-6-20(19)23-7-11-31-12-8-23/h1-6,15H,7-14H2,(H,22,26). The third-order valence-corrected chi connectivity index (χ3v) is 7.41. The fourth-order valence-electron chi connectivity index (χ4n) is 3.72. The second-order valence-corrected chi connectivity index (χ2v) is 9.49. The number of nitrogens with zero attached hydrogens (tertiary/aromatic N) is 3. The molecule has 1 N–H and O–H groups in total. The number of morpholine rings is 2. The Morgan fingerprint density at radius 2 is 1.55 bits per heavy atom. The van der Waals surface area contributed by atoms with E-state index in [9.17, 15) is 23.3 Å². The number of anilines is 2. The summed E-state index contributed by atoms with van der Waals surface area (Å²) in [6.45, 7) is 3.40. The SMILES string of the molecule is O=C(Nc1cc(S(=O)(=O)N2CCOCC2)ccc1N1CCOCC1)c1ccc([N+](=O)[O-])cc1. The van der Waals surface area contributed by atoms with Crippen LogP contribution in [0, 0.1) is 10.1 Å². The minimum Gasteiger partial charge on any atom is -0.379 e. The number of benzene rings is 2. The smallest absolute Gasteiger partial charge is 0.269 e.